The summed E-state index contributed by atoms with van der Waals surface area (Å²) >= 11 is 0. The highest BCUT2D eigenvalue weighted by molar-refractivity contribution is 5.84. The number of unbranched alkanes of at least 4 members (excludes halogenated alkanes) is 1. The van der Waals surface area contributed by atoms with Crippen LogP contribution in [0.1, 0.15) is 37.7 Å². The molecule has 1 rings (SSSR count). The summed E-state index contributed by atoms with van der Waals surface area (Å²) in [5, 5.41) is 13.5. The molecule has 156 valence electrons. The number of nitrogens with zero attached hydrogens (tertiary/aromatic N) is 1. The summed E-state index contributed by atoms with van der Waals surface area (Å²) in [6.07, 6.45) is 1.77. The van der Waals surface area contributed by atoms with Gasteiger partial charge in [-0.25, -0.2) is 0 Å². The second kappa shape index (κ2) is 16.1. The fourth-order valence-electron chi connectivity index (χ4n) is 1.94. The molecule has 7 N–H and O–H groups in total. The van der Waals surface area contributed by atoms with E-state index < -0.39 is 5.97 Å². The maximum Gasteiger partial charge on any atom is 0.303 e. The van der Waals surface area contributed by atoms with Gasteiger partial charge in [0.05, 0.1) is 6.54 Å². The molecule has 0 heterocycles. The first-order valence-corrected chi connectivity index (χ1v) is 9.13. The number of nitrogens with one attached hydrogen (secondary N) is 2. The smallest absolute Gasteiger partial charge is 0.303 e. The first-order valence-electron chi connectivity index (χ1n) is 9.13. The normalized spacial score (nSPS) is 9.46. The maximum atomic E-state index is 11.4. The molecule has 0 atom stereocenters. The molecule has 1 aromatic rings. The fourth-order valence-corrected chi connectivity index (χ4v) is 1.94. The number of carboxylic acid groups (broad SMARTS) is 1. The SMILES string of the molecule is Cc1ccccc1.NC(N)=NCCCCNC(=O)CNC(=O)CCCC(=O)O. The molecule has 0 aliphatic carbocycles. The van der Waals surface area contributed by atoms with Crippen molar-refractivity contribution in [2.45, 2.75) is 39.0 Å². The number of aliphatic imine (C=N–C) groups is 1. The Hall–Kier alpha value is -3.10. The lowest BCUT2D eigenvalue weighted by Gasteiger charge is -2.06. The molecule has 0 unspecified atom stereocenters. The number of carbonyl (C=O) groups is 3. The molecule has 0 bridgehead atoms. The van der Waals surface area contributed by atoms with Crippen LogP contribution in [-0.2, 0) is 14.4 Å². The predicted octanol–water partition coefficient (Wildman–Crippen LogP) is 0.522. The minimum atomic E-state index is -0.943. The Morgan fingerprint density at radius 1 is 0.964 bits per heavy atom. The third-order valence-electron chi connectivity index (χ3n) is 3.38. The first kappa shape index (κ1) is 24.9. The number of rotatable bonds is 11. The van der Waals surface area contributed by atoms with Gasteiger partial charge in [-0.1, -0.05) is 35.9 Å². The van der Waals surface area contributed by atoms with Crippen LogP contribution >= 0.6 is 0 Å². The highest BCUT2D eigenvalue weighted by Gasteiger charge is 2.06. The van der Waals surface area contributed by atoms with Crippen LogP contribution in [0.25, 0.3) is 0 Å². The van der Waals surface area contributed by atoms with Crippen molar-refractivity contribution < 1.29 is 19.5 Å². The van der Waals surface area contributed by atoms with Gasteiger partial charge in [0.15, 0.2) is 5.96 Å². The van der Waals surface area contributed by atoms with Gasteiger partial charge in [0, 0.05) is 25.9 Å². The molecule has 1 aromatic carbocycles. The lowest BCUT2D eigenvalue weighted by Crippen LogP contribution is -2.37. The topological polar surface area (TPSA) is 160 Å². The van der Waals surface area contributed by atoms with Gasteiger partial charge < -0.3 is 27.2 Å². The number of carbonyl (C=O) groups excluding carboxylic acids is 2. The van der Waals surface area contributed by atoms with Gasteiger partial charge in [-0.15, -0.1) is 0 Å². The minimum absolute atomic E-state index is 0.0460. The van der Waals surface area contributed by atoms with Crippen molar-refractivity contribution in [2.75, 3.05) is 19.6 Å². The average molecular weight is 393 g/mol. The van der Waals surface area contributed by atoms with Crippen LogP contribution in [-0.4, -0.2) is 48.5 Å². The van der Waals surface area contributed by atoms with Crippen molar-refractivity contribution in [1.29, 1.82) is 0 Å². The van der Waals surface area contributed by atoms with Crippen LogP contribution < -0.4 is 22.1 Å². The van der Waals surface area contributed by atoms with Crippen molar-refractivity contribution >= 4 is 23.7 Å². The van der Waals surface area contributed by atoms with E-state index in [1.165, 1.54) is 5.56 Å². The summed E-state index contributed by atoms with van der Waals surface area (Å²) in [6.45, 7) is 2.96. The second-order valence-corrected chi connectivity index (χ2v) is 6.04. The summed E-state index contributed by atoms with van der Waals surface area (Å²) < 4.78 is 0. The van der Waals surface area contributed by atoms with E-state index in [2.05, 4.69) is 34.7 Å². The predicted molar refractivity (Wildman–Crippen MR) is 109 cm³/mol. The first-order chi connectivity index (χ1) is 13.3. The second-order valence-electron chi connectivity index (χ2n) is 6.04. The summed E-state index contributed by atoms with van der Waals surface area (Å²) in [5.41, 5.74) is 11.6. The zero-order chi connectivity index (χ0) is 21.2. The van der Waals surface area contributed by atoms with Crippen molar-refractivity contribution in [1.82, 2.24) is 10.6 Å². The Morgan fingerprint density at radius 3 is 2.18 bits per heavy atom. The summed E-state index contributed by atoms with van der Waals surface area (Å²) in [5.74, 6) is -1.52. The largest absolute Gasteiger partial charge is 0.481 e. The lowest BCUT2D eigenvalue weighted by molar-refractivity contribution is -0.137. The molecule has 0 aromatic heterocycles. The molecule has 2 amide bonds. The third-order valence-corrected chi connectivity index (χ3v) is 3.38. The van der Waals surface area contributed by atoms with Gasteiger partial charge >= 0.3 is 5.97 Å². The van der Waals surface area contributed by atoms with E-state index in [9.17, 15) is 14.4 Å². The number of aliphatic carboxylic acids is 1. The number of nitrogens with two attached hydrogens (primary N) is 2. The van der Waals surface area contributed by atoms with E-state index in [4.69, 9.17) is 16.6 Å². The number of benzene rings is 1. The Kier molecular flexibility index (Phi) is 14.3. The molecular weight excluding hydrogens is 362 g/mol. The number of aryl methyl sites for hydroxylation is 1. The van der Waals surface area contributed by atoms with E-state index in [1.807, 2.05) is 18.2 Å². The Bertz CT molecular complexity index is 616. The van der Waals surface area contributed by atoms with Crippen molar-refractivity contribution in [3.63, 3.8) is 0 Å². The van der Waals surface area contributed by atoms with E-state index in [1.54, 1.807) is 0 Å². The van der Waals surface area contributed by atoms with Crippen molar-refractivity contribution in [3.8, 4) is 0 Å². The van der Waals surface area contributed by atoms with Gasteiger partial charge in [0.2, 0.25) is 11.8 Å². The molecule has 0 aliphatic heterocycles. The maximum absolute atomic E-state index is 11.4. The van der Waals surface area contributed by atoms with Crippen LogP contribution in [0.5, 0.6) is 0 Å². The average Bonchev–Trinajstić information content (AvgIpc) is 2.63. The van der Waals surface area contributed by atoms with Crippen molar-refractivity contribution in [2.24, 2.45) is 16.5 Å². The number of carboxylic acids is 1. The minimum Gasteiger partial charge on any atom is -0.481 e. The zero-order valence-electron chi connectivity index (χ0n) is 16.3. The van der Waals surface area contributed by atoms with Gasteiger partial charge in [0.1, 0.15) is 0 Å². The molecular formula is C19H31N5O4. The highest BCUT2D eigenvalue weighted by Crippen LogP contribution is 1.94. The van der Waals surface area contributed by atoms with Crippen LogP contribution in [0, 0.1) is 6.92 Å². The monoisotopic (exact) mass is 393 g/mol. The molecule has 0 saturated heterocycles. The molecule has 0 aliphatic rings. The Morgan fingerprint density at radius 2 is 1.64 bits per heavy atom. The summed E-state index contributed by atoms with van der Waals surface area (Å²) in [6, 6.07) is 10.3. The zero-order valence-corrected chi connectivity index (χ0v) is 16.3. The molecule has 9 heteroatoms. The number of hydrogen-bond acceptors (Lipinski definition) is 4. The van der Waals surface area contributed by atoms with Gasteiger partial charge in [-0.3, -0.25) is 19.4 Å². The highest BCUT2D eigenvalue weighted by atomic mass is 16.4. The van der Waals surface area contributed by atoms with Crippen LogP contribution in [0.4, 0.5) is 0 Å². The Labute approximate surface area is 165 Å². The van der Waals surface area contributed by atoms with Gasteiger partial charge in [0.25, 0.3) is 0 Å². The van der Waals surface area contributed by atoms with E-state index >= 15 is 0 Å². The Balaban J connectivity index is 0.000000861. The number of amides is 2. The van der Waals surface area contributed by atoms with Gasteiger partial charge in [-0.2, -0.15) is 0 Å². The van der Waals surface area contributed by atoms with Gasteiger partial charge in [-0.05, 0) is 26.2 Å². The summed E-state index contributed by atoms with van der Waals surface area (Å²) in [7, 11) is 0. The molecule has 0 saturated carbocycles. The quantitative estimate of drug-likeness (QED) is 0.209. The standard InChI is InChI=1S/C12H23N5O4.C7H8/c13-12(14)16-7-2-1-6-15-10(19)8-17-9(18)4-3-5-11(20)21;1-7-5-3-2-4-6-7/h1-8H2,(H,15,19)(H,17,18)(H,20,21)(H4,13,14,16);2-6H,1H3. The van der Waals surface area contributed by atoms with Crippen LogP contribution in [0.2, 0.25) is 0 Å². The molecule has 28 heavy (non-hydrogen) atoms. The van der Waals surface area contributed by atoms with E-state index in [0.29, 0.717) is 13.1 Å². The molecule has 0 fully saturated rings. The van der Waals surface area contributed by atoms with E-state index in [0.717, 1.165) is 12.8 Å². The van der Waals surface area contributed by atoms with E-state index in [-0.39, 0.29) is 43.6 Å². The molecule has 0 radical (unpaired) electrons. The fraction of sp³-hybridized carbons (Fsp3) is 0.474. The van der Waals surface area contributed by atoms with Crippen LogP contribution in [0.15, 0.2) is 35.3 Å². The van der Waals surface area contributed by atoms with Crippen molar-refractivity contribution in [3.05, 3.63) is 35.9 Å². The molecule has 9 nitrogen and oxygen atoms in total. The third kappa shape index (κ3) is 17.7. The molecule has 0 spiro atoms. The lowest BCUT2D eigenvalue weighted by atomic mass is 10.2. The van der Waals surface area contributed by atoms with Crippen LogP contribution in [0.3, 0.4) is 0 Å². The number of hydrogen-bond donors (Lipinski definition) is 5. The summed E-state index contributed by atoms with van der Waals surface area (Å²) in [4.78, 5) is 36.7. The number of guanidine groups is 1.